The van der Waals surface area contributed by atoms with Crippen molar-refractivity contribution in [2.75, 3.05) is 26.7 Å². The van der Waals surface area contributed by atoms with Crippen LogP contribution in [0.25, 0.3) is 0 Å². The van der Waals surface area contributed by atoms with Gasteiger partial charge in [-0.25, -0.2) is 4.79 Å². The predicted molar refractivity (Wildman–Crippen MR) is 73.3 cm³/mol. The largest absolute Gasteiger partial charge is 0.467 e. The number of piperazine rings is 1. The Kier molecular flexibility index (Phi) is 4.52. The minimum Gasteiger partial charge on any atom is -0.467 e. The summed E-state index contributed by atoms with van der Waals surface area (Å²) in [4.78, 5) is 42.6. The summed E-state index contributed by atoms with van der Waals surface area (Å²) in [7, 11) is 1.27. The molecule has 1 aromatic heterocycles. The number of aromatic nitrogens is 1. The van der Waals surface area contributed by atoms with E-state index in [0.29, 0.717) is 18.7 Å². The normalized spacial score (nSPS) is 18.3. The van der Waals surface area contributed by atoms with Crippen LogP contribution in [0.15, 0.2) is 24.5 Å². The van der Waals surface area contributed by atoms with Gasteiger partial charge in [-0.05, 0) is 12.1 Å². The molecule has 0 unspecified atom stereocenters. The van der Waals surface area contributed by atoms with Gasteiger partial charge in [0.2, 0.25) is 5.91 Å². The van der Waals surface area contributed by atoms with Crippen LogP contribution >= 0.6 is 0 Å². The summed E-state index contributed by atoms with van der Waals surface area (Å²) >= 11 is 0. The molecule has 0 saturated carbocycles. The number of hydrogen-bond donors (Lipinski definition) is 0. The Morgan fingerprint density at radius 3 is 2.67 bits per heavy atom. The van der Waals surface area contributed by atoms with E-state index in [-0.39, 0.29) is 18.4 Å². The number of rotatable bonds is 2. The molecule has 0 bridgehead atoms. The highest BCUT2D eigenvalue weighted by atomic mass is 16.5. The number of amides is 2. The third-order valence-electron chi connectivity index (χ3n) is 3.45. The Balaban J connectivity index is 2.16. The summed E-state index contributed by atoms with van der Waals surface area (Å²) in [5.41, 5.74) is 0.456. The van der Waals surface area contributed by atoms with Crippen LogP contribution in [0.3, 0.4) is 0 Å². The highest BCUT2D eigenvalue weighted by molar-refractivity contribution is 5.95. The van der Waals surface area contributed by atoms with Gasteiger partial charge in [-0.3, -0.25) is 14.6 Å². The fourth-order valence-electron chi connectivity index (χ4n) is 2.35. The van der Waals surface area contributed by atoms with Gasteiger partial charge >= 0.3 is 5.97 Å². The van der Waals surface area contributed by atoms with Crippen molar-refractivity contribution in [3.63, 3.8) is 0 Å². The topological polar surface area (TPSA) is 79.8 Å². The fourth-order valence-corrected chi connectivity index (χ4v) is 2.35. The fraction of sp³-hybridized carbons (Fsp3) is 0.429. The number of carbonyl (C=O) groups is 3. The van der Waals surface area contributed by atoms with Crippen LogP contribution in [0.2, 0.25) is 0 Å². The van der Waals surface area contributed by atoms with Gasteiger partial charge in [0, 0.05) is 32.4 Å². The van der Waals surface area contributed by atoms with Gasteiger partial charge < -0.3 is 14.5 Å². The molecule has 2 rings (SSSR count). The molecule has 1 atom stereocenters. The quantitative estimate of drug-likeness (QED) is 0.712. The first kappa shape index (κ1) is 15.0. The van der Waals surface area contributed by atoms with Crippen LogP contribution in [0.1, 0.15) is 17.3 Å². The maximum Gasteiger partial charge on any atom is 0.330 e. The van der Waals surface area contributed by atoms with Gasteiger partial charge in [-0.15, -0.1) is 0 Å². The molecule has 112 valence electrons. The van der Waals surface area contributed by atoms with Crippen molar-refractivity contribution >= 4 is 17.8 Å². The Bertz CT molecular complexity index is 546. The maximum atomic E-state index is 12.4. The van der Waals surface area contributed by atoms with Crippen molar-refractivity contribution in [3.05, 3.63) is 30.1 Å². The van der Waals surface area contributed by atoms with Crippen molar-refractivity contribution in [2.24, 2.45) is 0 Å². The van der Waals surface area contributed by atoms with Crippen LogP contribution < -0.4 is 0 Å². The molecule has 0 aromatic carbocycles. The summed E-state index contributed by atoms with van der Waals surface area (Å²) < 4.78 is 4.72. The molecule has 7 nitrogen and oxygen atoms in total. The van der Waals surface area contributed by atoms with E-state index >= 15 is 0 Å². The summed E-state index contributed by atoms with van der Waals surface area (Å²) in [6.07, 6.45) is 3.06. The van der Waals surface area contributed by atoms with Crippen molar-refractivity contribution in [1.29, 1.82) is 0 Å². The number of pyridine rings is 1. The zero-order valence-electron chi connectivity index (χ0n) is 12.0. The van der Waals surface area contributed by atoms with E-state index in [2.05, 4.69) is 4.98 Å². The molecule has 2 heterocycles. The minimum absolute atomic E-state index is 0.125. The number of methoxy groups -OCH3 is 1. The van der Waals surface area contributed by atoms with Gasteiger partial charge in [-0.1, -0.05) is 0 Å². The first-order chi connectivity index (χ1) is 10.0. The second-order valence-electron chi connectivity index (χ2n) is 4.74. The summed E-state index contributed by atoms with van der Waals surface area (Å²) in [6.45, 7) is 2.20. The molecule has 1 fully saturated rings. The van der Waals surface area contributed by atoms with E-state index in [1.807, 2.05) is 0 Å². The second kappa shape index (κ2) is 6.34. The molecule has 0 spiro atoms. The van der Waals surface area contributed by atoms with E-state index in [1.165, 1.54) is 30.0 Å². The molecule has 7 heteroatoms. The molecule has 1 aliphatic rings. The first-order valence-corrected chi connectivity index (χ1v) is 6.59. The highest BCUT2D eigenvalue weighted by Crippen LogP contribution is 2.14. The standard InChI is InChI=1S/C14H17N3O4/c1-10(18)17-7-6-16(9-12(17)14(20)21-2)13(19)11-4-3-5-15-8-11/h3-5,8,12H,6-7,9H2,1-2H3/t12-/m0/s1. The average molecular weight is 291 g/mol. The number of ether oxygens (including phenoxy) is 1. The van der Waals surface area contributed by atoms with Crippen LogP contribution in [0.4, 0.5) is 0 Å². The van der Waals surface area contributed by atoms with E-state index < -0.39 is 12.0 Å². The minimum atomic E-state index is -0.762. The molecular formula is C14H17N3O4. The molecule has 1 aliphatic heterocycles. The lowest BCUT2D eigenvalue weighted by Gasteiger charge is -2.39. The molecule has 1 aromatic rings. The van der Waals surface area contributed by atoms with Crippen molar-refractivity contribution in [3.8, 4) is 0 Å². The molecule has 0 radical (unpaired) electrons. The molecule has 2 amide bonds. The van der Waals surface area contributed by atoms with E-state index in [1.54, 1.807) is 18.3 Å². The van der Waals surface area contributed by atoms with Gasteiger partial charge in [0.1, 0.15) is 6.04 Å². The van der Waals surface area contributed by atoms with Crippen LogP contribution in [0, 0.1) is 0 Å². The molecule has 1 saturated heterocycles. The Morgan fingerprint density at radius 2 is 2.10 bits per heavy atom. The summed E-state index contributed by atoms with van der Waals surface area (Å²) in [6, 6.07) is 2.58. The van der Waals surface area contributed by atoms with E-state index in [4.69, 9.17) is 4.74 Å². The van der Waals surface area contributed by atoms with Crippen molar-refractivity contribution in [2.45, 2.75) is 13.0 Å². The van der Waals surface area contributed by atoms with Gasteiger partial charge in [0.25, 0.3) is 5.91 Å². The van der Waals surface area contributed by atoms with Crippen molar-refractivity contribution < 1.29 is 19.1 Å². The van der Waals surface area contributed by atoms with Gasteiger partial charge in [-0.2, -0.15) is 0 Å². The van der Waals surface area contributed by atoms with Crippen LogP contribution in [-0.2, 0) is 14.3 Å². The first-order valence-electron chi connectivity index (χ1n) is 6.59. The zero-order valence-corrected chi connectivity index (χ0v) is 12.0. The third kappa shape index (κ3) is 3.18. The lowest BCUT2D eigenvalue weighted by atomic mass is 10.1. The molecular weight excluding hydrogens is 274 g/mol. The smallest absolute Gasteiger partial charge is 0.330 e. The number of esters is 1. The lowest BCUT2D eigenvalue weighted by molar-refractivity contribution is -0.154. The van der Waals surface area contributed by atoms with Crippen LogP contribution in [0.5, 0.6) is 0 Å². The lowest BCUT2D eigenvalue weighted by Crippen LogP contribution is -2.59. The van der Waals surface area contributed by atoms with Crippen molar-refractivity contribution in [1.82, 2.24) is 14.8 Å². The van der Waals surface area contributed by atoms with E-state index in [0.717, 1.165) is 0 Å². The summed E-state index contributed by atoms with van der Waals surface area (Å²) in [5, 5.41) is 0. The van der Waals surface area contributed by atoms with E-state index in [9.17, 15) is 14.4 Å². The zero-order chi connectivity index (χ0) is 15.4. The SMILES string of the molecule is COC(=O)[C@@H]1CN(C(=O)c2cccnc2)CCN1C(C)=O. The Labute approximate surface area is 122 Å². The number of carbonyl (C=O) groups excluding carboxylic acids is 3. The highest BCUT2D eigenvalue weighted by Gasteiger charge is 2.36. The van der Waals surface area contributed by atoms with Crippen LogP contribution in [-0.4, -0.2) is 65.4 Å². The Morgan fingerprint density at radius 1 is 1.33 bits per heavy atom. The summed E-state index contributed by atoms with van der Waals surface area (Å²) in [5.74, 6) is -0.937. The van der Waals surface area contributed by atoms with Gasteiger partial charge in [0.05, 0.1) is 19.2 Å². The average Bonchev–Trinajstić information content (AvgIpc) is 2.53. The maximum absolute atomic E-state index is 12.4. The third-order valence-corrected chi connectivity index (χ3v) is 3.45. The predicted octanol–water partition coefficient (Wildman–Crippen LogP) is -0.0725. The Hall–Kier alpha value is -2.44. The monoisotopic (exact) mass is 291 g/mol. The second-order valence-corrected chi connectivity index (χ2v) is 4.74. The number of nitrogens with zero attached hydrogens (tertiary/aromatic N) is 3. The molecule has 0 N–H and O–H groups in total. The molecule has 0 aliphatic carbocycles. The van der Waals surface area contributed by atoms with Gasteiger partial charge in [0.15, 0.2) is 0 Å². The molecule has 21 heavy (non-hydrogen) atoms. The number of hydrogen-bond acceptors (Lipinski definition) is 5.